The van der Waals surface area contributed by atoms with Gasteiger partial charge in [0.05, 0.1) is 11.7 Å². The number of nitrogens with one attached hydrogen (secondary N) is 2. The van der Waals surface area contributed by atoms with E-state index in [0.717, 1.165) is 12.1 Å². The maximum atomic E-state index is 12.4. The number of aromatic nitrogens is 5. The molecule has 1 amide bonds. The molecule has 2 atom stereocenters. The molecule has 0 aliphatic carbocycles. The number of nitrogens with zero attached hydrogens (tertiary/aromatic N) is 4. The topological polar surface area (TPSA) is 97.7 Å². The van der Waals surface area contributed by atoms with E-state index in [-0.39, 0.29) is 18.1 Å². The molecule has 2 aromatic heterocycles. The Kier molecular flexibility index (Phi) is 3.70. The molecule has 1 fully saturated rings. The highest BCUT2D eigenvalue weighted by Gasteiger charge is 2.33. The van der Waals surface area contributed by atoms with E-state index in [2.05, 4.69) is 25.6 Å². The van der Waals surface area contributed by atoms with E-state index in [0.29, 0.717) is 24.7 Å². The summed E-state index contributed by atoms with van der Waals surface area (Å²) in [5.41, 5.74) is 1.40. The summed E-state index contributed by atoms with van der Waals surface area (Å²) in [6.45, 7) is 5.07. The first-order valence-electron chi connectivity index (χ1n) is 7.01. The van der Waals surface area contributed by atoms with Crippen LogP contribution in [0.15, 0.2) is 12.4 Å². The number of aromatic amines is 1. The minimum Gasteiger partial charge on any atom is -0.368 e. The maximum absolute atomic E-state index is 12.4. The summed E-state index contributed by atoms with van der Waals surface area (Å²) >= 11 is 0. The van der Waals surface area contributed by atoms with Gasteiger partial charge in [-0.2, -0.15) is 10.2 Å². The van der Waals surface area contributed by atoms with Crippen molar-refractivity contribution < 1.29 is 9.53 Å². The maximum Gasteiger partial charge on any atom is 0.269 e. The molecule has 0 aromatic carbocycles. The smallest absolute Gasteiger partial charge is 0.269 e. The standard InChI is InChI=1S/C13H18N6O2/c1-3-19-10(6-8(2)18-19)13(20)16-9-4-5-21-11(9)12-14-7-15-17-12/h6-7,9,11H,3-5H2,1-2H3,(H,16,20)(H,14,15,17)/t9-,11+/m0/s1. The summed E-state index contributed by atoms with van der Waals surface area (Å²) < 4.78 is 7.34. The first-order chi connectivity index (χ1) is 10.2. The van der Waals surface area contributed by atoms with E-state index in [1.54, 1.807) is 10.7 Å². The SMILES string of the molecule is CCn1nc(C)cc1C(=O)N[C@H]1CCO[C@H]1c1ncn[nH]1. The van der Waals surface area contributed by atoms with E-state index in [9.17, 15) is 4.79 Å². The van der Waals surface area contributed by atoms with Crippen LogP contribution < -0.4 is 5.32 Å². The van der Waals surface area contributed by atoms with Gasteiger partial charge in [0.1, 0.15) is 18.1 Å². The monoisotopic (exact) mass is 290 g/mol. The lowest BCUT2D eigenvalue weighted by Gasteiger charge is -2.17. The Bertz CT molecular complexity index is 621. The first kappa shape index (κ1) is 13.7. The van der Waals surface area contributed by atoms with Crippen LogP contribution in [0.25, 0.3) is 0 Å². The van der Waals surface area contributed by atoms with Gasteiger partial charge in [-0.15, -0.1) is 0 Å². The average molecular weight is 290 g/mol. The molecule has 3 heterocycles. The molecule has 2 aromatic rings. The Morgan fingerprint density at radius 1 is 1.62 bits per heavy atom. The number of carbonyl (C=O) groups is 1. The number of rotatable bonds is 4. The quantitative estimate of drug-likeness (QED) is 0.859. The van der Waals surface area contributed by atoms with Gasteiger partial charge in [0.15, 0.2) is 5.82 Å². The van der Waals surface area contributed by atoms with Gasteiger partial charge >= 0.3 is 0 Å². The largest absolute Gasteiger partial charge is 0.368 e. The van der Waals surface area contributed by atoms with Gasteiger partial charge in [0.25, 0.3) is 5.91 Å². The molecule has 8 heteroatoms. The second kappa shape index (κ2) is 5.65. The lowest BCUT2D eigenvalue weighted by Crippen LogP contribution is -2.38. The summed E-state index contributed by atoms with van der Waals surface area (Å²) in [4.78, 5) is 16.5. The summed E-state index contributed by atoms with van der Waals surface area (Å²) in [7, 11) is 0. The van der Waals surface area contributed by atoms with Crippen LogP contribution in [0.5, 0.6) is 0 Å². The van der Waals surface area contributed by atoms with Crippen LogP contribution in [0.2, 0.25) is 0 Å². The molecule has 0 unspecified atom stereocenters. The molecule has 112 valence electrons. The van der Waals surface area contributed by atoms with Crippen LogP contribution >= 0.6 is 0 Å². The van der Waals surface area contributed by atoms with E-state index >= 15 is 0 Å². The van der Waals surface area contributed by atoms with E-state index < -0.39 is 0 Å². The fourth-order valence-corrected chi connectivity index (χ4v) is 2.57. The van der Waals surface area contributed by atoms with Gasteiger partial charge in [-0.1, -0.05) is 0 Å². The van der Waals surface area contributed by atoms with Gasteiger partial charge in [0.2, 0.25) is 0 Å². The van der Waals surface area contributed by atoms with Crippen molar-refractivity contribution in [3.63, 3.8) is 0 Å². The third kappa shape index (κ3) is 2.66. The van der Waals surface area contributed by atoms with E-state index in [4.69, 9.17) is 4.74 Å². The van der Waals surface area contributed by atoms with Crippen molar-refractivity contribution in [1.82, 2.24) is 30.3 Å². The van der Waals surface area contributed by atoms with Crippen molar-refractivity contribution in [1.29, 1.82) is 0 Å². The fraction of sp³-hybridized carbons (Fsp3) is 0.538. The number of hydrogen-bond donors (Lipinski definition) is 2. The number of hydrogen-bond acceptors (Lipinski definition) is 5. The summed E-state index contributed by atoms with van der Waals surface area (Å²) in [6, 6.07) is 1.67. The van der Waals surface area contributed by atoms with Crippen molar-refractivity contribution in [3.05, 3.63) is 29.6 Å². The molecule has 0 radical (unpaired) electrons. The highest BCUT2D eigenvalue weighted by molar-refractivity contribution is 5.93. The Labute approximate surface area is 121 Å². The van der Waals surface area contributed by atoms with Crippen LogP contribution in [0.1, 0.15) is 41.5 Å². The third-order valence-corrected chi connectivity index (χ3v) is 3.55. The number of aryl methyl sites for hydroxylation is 2. The van der Waals surface area contributed by atoms with Gasteiger partial charge in [-0.05, 0) is 26.3 Å². The second-order valence-corrected chi connectivity index (χ2v) is 5.02. The van der Waals surface area contributed by atoms with Crippen molar-refractivity contribution in [2.75, 3.05) is 6.61 Å². The van der Waals surface area contributed by atoms with E-state index in [1.165, 1.54) is 6.33 Å². The zero-order valence-corrected chi connectivity index (χ0v) is 12.0. The van der Waals surface area contributed by atoms with Crippen LogP contribution in [0, 0.1) is 6.92 Å². The highest BCUT2D eigenvalue weighted by Crippen LogP contribution is 2.26. The highest BCUT2D eigenvalue weighted by atomic mass is 16.5. The van der Waals surface area contributed by atoms with E-state index in [1.807, 2.05) is 13.8 Å². The minimum absolute atomic E-state index is 0.119. The zero-order valence-electron chi connectivity index (χ0n) is 12.0. The van der Waals surface area contributed by atoms with Crippen LogP contribution in [-0.4, -0.2) is 43.5 Å². The van der Waals surface area contributed by atoms with Crippen molar-refractivity contribution in [3.8, 4) is 0 Å². The molecule has 2 N–H and O–H groups in total. The van der Waals surface area contributed by atoms with Crippen LogP contribution in [0.3, 0.4) is 0 Å². The molecule has 0 saturated carbocycles. The van der Waals surface area contributed by atoms with Gasteiger partial charge in [-0.25, -0.2) is 4.98 Å². The third-order valence-electron chi connectivity index (χ3n) is 3.55. The number of carbonyl (C=O) groups excluding carboxylic acids is 1. The summed E-state index contributed by atoms with van der Waals surface area (Å²) in [5.74, 6) is 0.496. The van der Waals surface area contributed by atoms with Crippen LogP contribution in [-0.2, 0) is 11.3 Å². The Balaban J connectivity index is 1.74. The minimum atomic E-state index is -0.282. The molecule has 0 bridgehead atoms. The summed E-state index contributed by atoms with van der Waals surface area (Å²) in [6.07, 6.45) is 1.90. The van der Waals surface area contributed by atoms with Crippen molar-refractivity contribution in [2.24, 2.45) is 0 Å². The lowest BCUT2D eigenvalue weighted by molar-refractivity contribution is 0.0785. The molecular formula is C13H18N6O2. The first-order valence-corrected chi connectivity index (χ1v) is 7.01. The molecular weight excluding hydrogens is 272 g/mol. The van der Waals surface area contributed by atoms with Crippen LogP contribution in [0.4, 0.5) is 0 Å². The second-order valence-electron chi connectivity index (χ2n) is 5.02. The predicted octanol–water partition coefficient (Wildman–Crippen LogP) is 0.590. The lowest BCUT2D eigenvalue weighted by atomic mass is 10.1. The Morgan fingerprint density at radius 2 is 2.48 bits per heavy atom. The molecule has 8 nitrogen and oxygen atoms in total. The van der Waals surface area contributed by atoms with Gasteiger partial charge in [0, 0.05) is 13.2 Å². The molecule has 3 rings (SSSR count). The Morgan fingerprint density at radius 3 is 3.19 bits per heavy atom. The number of amides is 1. The van der Waals surface area contributed by atoms with Crippen molar-refractivity contribution >= 4 is 5.91 Å². The molecule has 1 saturated heterocycles. The zero-order chi connectivity index (χ0) is 14.8. The summed E-state index contributed by atoms with van der Waals surface area (Å²) in [5, 5.41) is 13.9. The number of ether oxygens (including phenoxy) is 1. The number of H-pyrrole nitrogens is 1. The van der Waals surface area contributed by atoms with Crippen molar-refractivity contribution in [2.45, 2.75) is 39.0 Å². The normalized spacial score (nSPS) is 21.6. The van der Waals surface area contributed by atoms with Gasteiger partial charge in [-0.3, -0.25) is 14.6 Å². The fourth-order valence-electron chi connectivity index (χ4n) is 2.57. The molecule has 1 aliphatic rings. The molecule has 21 heavy (non-hydrogen) atoms. The molecule has 0 spiro atoms. The predicted molar refractivity (Wildman–Crippen MR) is 73.6 cm³/mol. The molecule has 1 aliphatic heterocycles. The Hall–Kier alpha value is -2.22. The van der Waals surface area contributed by atoms with Gasteiger partial charge < -0.3 is 10.1 Å². The average Bonchev–Trinajstić information content (AvgIpc) is 3.17.